The maximum Gasteiger partial charge on any atom is 0.254 e. The molecule has 3 N–H and O–H groups in total. The molecule has 9 heteroatoms. The molecule has 1 aliphatic rings. The molecule has 0 spiro atoms. The van der Waals surface area contributed by atoms with Crippen LogP contribution in [0.15, 0.2) is 59.6 Å². The number of nitrogens with two attached hydrogens (primary N) is 1. The van der Waals surface area contributed by atoms with Crippen molar-refractivity contribution in [3.8, 4) is 5.69 Å². The third-order valence-electron chi connectivity index (χ3n) is 6.32. The largest absolute Gasteiger partial charge is 0.349 e. The van der Waals surface area contributed by atoms with Gasteiger partial charge in [0.2, 0.25) is 0 Å². The van der Waals surface area contributed by atoms with Crippen LogP contribution in [0.4, 0.5) is 0 Å². The minimum atomic E-state index is -2.68. The second-order valence-corrected chi connectivity index (χ2v) is 11.4. The third kappa shape index (κ3) is 6.32. The first-order chi connectivity index (χ1) is 16.7. The summed E-state index contributed by atoms with van der Waals surface area (Å²) < 4.78 is 13.7. The SMILES string of the molecule is C=S(N)(=O)c1ccc(CN2CCC(NC(=O)c3cnn(-c4ccc(Cl)cc4)c3CCC)CC2)cc1. The van der Waals surface area contributed by atoms with Gasteiger partial charge in [-0.3, -0.25) is 14.8 Å². The van der Waals surface area contributed by atoms with Crippen LogP contribution in [-0.2, 0) is 22.7 Å². The molecule has 0 aliphatic carbocycles. The van der Waals surface area contributed by atoms with Gasteiger partial charge in [0.1, 0.15) is 0 Å². The fourth-order valence-corrected chi connectivity index (χ4v) is 5.15. The van der Waals surface area contributed by atoms with E-state index in [0.29, 0.717) is 15.5 Å². The van der Waals surface area contributed by atoms with E-state index in [9.17, 15) is 9.00 Å². The molecule has 0 radical (unpaired) electrons. The Morgan fingerprint density at radius 1 is 1.17 bits per heavy atom. The lowest BCUT2D eigenvalue weighted by Crippen LogP contribution is -2.44. The van der Waals surface area contributed by atoms with E-state index in [1.54, 1.807) is 18.3 Å². The topological polar surface area (TPSA) is 93.2 Å². The monoisotopic (exact) mass is 513 g/mol. The molecule has 1 unspecified atom stereocenters. The molecular formula is C26H32ClN5O2S. The van der Waals surface area contributed by atoms with E-state index >= 15 is 0 Å². The summed E-state index contributed by atoms with van der Waals surface area (Å²) in [6.07, 6.45) is 5.10. The molecule has 4 rings (SSSR count). The minimum Gasteiger partial charge on any atom is -0.349 e. The number of aromatic nitrogens is 2. The van der Waals surface area contributed by atoms with Crippen LogP contribution in [0.2, 0.25) is 5.02 Å². The van der Waals surface area contributed by atoms with Crippen molar-refractivity contribution in [2.24, 2.45) is 5.14 Å². The van der Waals surface area contributed by atoms with E-state index < -0.39 is 9.71 Å². The van der Waals surface area contributed by atoms with Crippen LogP contribution in [0.5, 0.6) is 0 Å². The molecule has 0 saturated carbocycles. The Kier molecular flexibility index (Phi) is 7.96. The van der Waals surface area contributed by atoms with Crippen molar-refractivity contribution in [3.63, 3.8) is 0 Å². The van der Waals surface area contributed by atoms with Gasteiger partial charge in [0.05, 0.1) is 32.8 Å². The lowest BCUT2D eigenvalue weighted by molar-refractivity contribution is 0.0908. The maximum absolute atomic E-state index is 13.2. The quantitative estimate of drug-likeness (QED) is 0.448. The van der Waals surface area contributed by atoms with Crippen molar-refractivity contribution in [2.45, 2.75) is 50.1 Å². The highest BCUT2D eigenvalue weighted by molar-refractivity contribution is 7.98. The van der Waals surface area contributed by atoms with E-state index in [4.69, 9.17) is 16.7 Å². The van der Waals surface area contributed by atoms with Crippen LogP contribution < -0.4 is 10.5 Å². The molecule has 35 heavy (non-hydrogen) atoms. The summed E-state index contributed by atoms with van der Waals surface area (Å²) in [6, 6.07) is 15.1. The molecule has 1 saturated heterocycles. The number of carbonyl (C=O) groups is 1. The highest BCUT2D eigenvalue weighted by Crippen LogP contribution is 2.20. The number of amides is 1. The first kappa shape index (κ1) is 25.4. The summed E-state index contributed by atoms with van der Waals surface area (Å²) in [5.74, 6) is 3.46. The van der Waals surface area contributed by atoms with Crippen molar-refractivity contribution in [1.29, 1.82) is 0 Å². The van der Waals surface area contributed by atoms with E-state index in [2.05, 4.69) is 28.1 Å². The van der Waals surface area contributed by atoms with Gasteiger partial charge in [-0.25, -0.2) is 8.89 Å². The molecule has 1 amide bonds. The summed E-state index contributed by atoms with van der Waals surface area (Å²) in [5.41, 5.74) is 3.57. The number of halogens is 1. The first-order valence-electron chi connectivity index (χ1n) is 11.8. The van der Waals surface area contributed by atoms with Crippen molar-refractivity contribution in [2.75, 3.05) is 13.1 Å². The van der Waals surface area contributed by atoms with Crippen LogP contribution in [0.1, 0.15) is 47.8 Å². The zero-order valence-corrected chi connectivity index (χ0v) is 21.5. The standard InChI is InChI=1S/C26H32ClN5O2S/c1-3-4-25-24(17-29-32(25)22-9-7-20(27)8-10-22)26(33)30-21-13-15-31(16-14-21)18-19-5-11-23(12-6-19)35(2,28)34/h5-12,17,21H,2-4,13-16,18H2,1H3,(H2,28,34)(H,30,33). The molecule has 186 valence electrons. The fourth-order valence-electron chi connectivity index (χ4n) is 4.43. The lowest BCUT2D eigenvalue weighted by Gasteiger charge is -2.32. The van der Waals surface area contributed by atoms with Crippen molar-refractivity contribution in [1.82, 2.24) is 20.0 Å². The van der Waals surface area contributed by atoms with E-state index in [-0.39, 0.29) is 11.9 Å². The number of hydrogen-bond donors (Lipinski definition) is 2. The van der Waals surface area contributed by atoms with Gasteiger partial charge in [-0.2, -0.15) is 5.10 Å². The number of carbonyl (C=O) groups excluding carboxylic acids is 1. The number of piperidine rings is 1. The molecule has 1 atom stereocenters. The highest BCUT2D eigenvalue weighted by atomic mass is 35.5. The highest BCUT2D eigenvalue weighted by Gasteiger charge is 2.24. The van der Waals surface area contributed by atoms with Crippen LogP contribution in [-0.4, -0.2) is 49.8 Å². The smallest absolute Gasteiger partial charge is 0.254 e. The molecule has 1 fully saturated rings. The third-order valence-corrected chi connectivity index (χ3v) is 7.64. The summed E-state index contributed by atoms with van der Waals surface area (Å²) in [7, 11) is -2.68. The number of likely N-dealkylation sites (tertiary alicyclic amines) is 1. The number of nitrogens with one attached hydrogen (secondary N) is 1. The Balaban J connectivity index is 1.35. The Morgan fingerprint density at radius 3 is 2.43 bits per heavy atom. The zero-order valence-electron chi connectivity index (χ0n) is 20.0. The molecule has 3 aromatic rings. The normalized spacial score (nSPS) is 16.7. The summed E-state index contributed by atoms with van der Waals surface area (Å²) in [6.45, 7) is 4.68. The average molecular weight is 514 g/mol. The first-order valence-corrected chi connectivity index (χ1v) is 14.0. The summed E-state index contributed by atoms with van der Waals surface area (Å²) >= 11 is 6.03. The van der Waals surface area contributed by atoms with Gasteiger partial charge < -0.3 is 5.32 Å². The van der Waals surface area contributed by atoms with Crippen molar-refractivity contribution < 1.29 is 9.00 Å². The lowest BCUT2D eigenvalue weighted by atomic mass is 10.0. The predicted octanol–water partition coefficient (Wildman–Crippen LogP) is 3.82. The van der Waals surface area contributed by atoms with Gasteiger partial charge >= 0.3 is 0 Å². The molecule has 2 aromatic carbocycles. The van der Waals surface area contributed by atoms with E-state index in [0.717, 1.165) is 62.3 Å². The van der Waals surface area contributed by atoms with Crippen molar-refractivity contribution >= 4 is 33.1 Å². The van der Waals surface area contributed by atoms with Crippen LogP contribution in [0.3, 0.4) is 0 Å². The van der Waals surface area contributed by atoms with E-state index in [1.807, 2.05) is 41.1 Å². The van der Waals surface area contributed by atoms with Crippen LogP contribution in [0.25, 0.3) is 5.69 Å². The fraction of sp³-hybridized carbons (Fsp3) is 0.346. The molecule has 1 aliphatic heterocycles. The number of hydrogen-bond acceptors (Lipinski definition) is 4. The average Bonchev–Trinajstić information content (AvgIpc) is 3.25. The number of benzene rings is 2. The maximum atomic E-state index is 13.2. The predicted molar refractivity (Wildman–Crippen MR) is 142 cm³/mol. The molecule has 0 bridgehead atoms. The Labute approximate surface area is 212 Å². The Morgan fingerprint density at radius 2 is 1.83 bits per heavy atom. The van der Waals surface area contributed by atoms with E-state index in [1.165, 1.54) is 0 Å². The van der Waals surface area contributed by atoms with Crippen molar-refractivity contribution in [3.05, 3.63) is 76.6 Å². The van der Waals surface area contributed by atoms with Crippen LogP contribution >= 0.6 is 11.6 Å². The van der Waals surface area contributed by atoms with Gasteiger partial charge in [0.25, 0.3) is 5.91 Å². The molecule has 2 heterocycles. The number of rotatable bonds is 8. The Bertz CT molecular complexity index is 1260. The molecular weight excluding hydrogens is 482 g/mol. The van der Waals surface area contributed by atoms with Gasteiger partial charge in [-0.05, 0) is 67.1 Å². The summed E-state index contributed by atoms with van der Waals surface area (Å²) in [4.78, 5) is 16.1. The summed E-state index contributed by atoms with van der Waals surface area (Å²) in [5, 5.41) is 14.0. The van der Waals surface area contributed by atoms with Gasteiger partial charge in [0, 0.05) is 35.6 Å². The number of nitrogens with zero attached hydrogens (tertiary/aromatic N) is 3. The second kappa shape index (κ2) is 11.0. The Hall–Kier alpha value is -2.65. The van der Waals surface area contributed by atoms with Crippen LogP contribution in [0, 0.1) is 0 Å². The minimum absolute atomic E-state index is 0.0683. The molecule has 1 aromatic heterocycles. The second-order valence-electron chi connectivity index (χ2n) is 9.04. The van der Waals surface area contributed by atoms with Gasteiger partial charge in [-0.15, -0.1) is 0 Å². The van der Waals surface area contributed by atoms with Gasteiger partial charge in [-0.1, -0.05) is 37.1 Å². The zero-order chi connectivity index (χ0) is 25.0. The molecule has 7 nitrogen and oxygen atoms in total. The van der Waals surface area contributed by atoms with Gasteiger partial charge in [0.15, 0.2) is 0 Å².